The molecular formula is C54H76I2N12O25. The van der Waals surface area contributed by atoms with Gasteiger partial charge in [0.05, 0.1) is 65.3 Å². The zero-order valence-corrected chi connectivity index (χ0v) is 53.5. The summed E-state index contributed by atoms with van der Waals surface area (Å²) in [4.78, 5) is 96.6. The maximum atomic E-state index is 15.3. The van der Waals surface area contributed by atoms with E-state index in [9.17, 15) is 90.7 Å². The lowest BCUT2D eigenvalue weighted by atomic mass is 9.92. The number of ether oxygens (including phenoxy) is 5. The van der Waals surface area contributed by atoms with Gasteiger partial charge in [0.1, 0.15) is 121 Å². The molecule has 516 valence electrons. The average Bonchev–Trinajstić information content (AvgIpc) is 1.77. The van der Waals surface area contributed by atoms with Crippen molar-refractivity contribution in [2.45, 2.75) is 166 Å². The van der Waals surface area contributed by atoms with Crippen LogP contribution in [0, 0.1) is 7.14 Å². The maximum Gasteiger partial charge on any atom is 0.246 e. The molecule has 6 aliphatic heterocycles. The highest BCUT2D eigenvalue weighted by atomic mass is 127. The van der Waals surface area contributed by atoms with Crippen molar-refractivity contribution in [2.75, 3.05) is 46.1 Å². The molecule has 25 atom stereocenters. The van der Waals surface area contributed by atoms with Crippen LogP contribution in [0.25, 0.3) is 0 Å². The normalized spacial score (nSPS) is 37.0. The first-order valence-electron chi connectivity index (χ1n) is 29.1. The van der Waals surface area contributed by atoms with E-state index in [1.807, 2.05) is 45.2 Å². The molecule has 25 unspecified atom stereocenters. The van der Waals surface area contributed by atoms with Gasteiger partial charge in [0.15, 0.2) is 24.4 Å². The molecule has 4 saturated heterocycles. The molecule has 25 N–H and O–H groups in total. The number of nitrogens with zero attached hydrogens (tertiary/aromatic N) is 3. The van der Waals surface area contributed by atoms with Gasteiger partial charge < -0.3 is 149 Å². The SMILES string of the molecule is CC(c1ccccc1)C1NC(=O)CNC(=O)C(CO)NC(=O)C(C(O)C2CN=C(N)N2C2OC(CO)C(O)C(O)C2O)NC(=O)C(C(O)C2CN=C(N)N2)NC(=O)C(Cc2cc(I)c(OC3OC(CO)C(OC4OC(CO)C(O)C(O)C4O)C(O)C3O)c(I)c2)NC1=O. The maximum absolute atomic E-state index is 15.3. The van der Waals surface area contributed by atoms with E-state index in [2.05, 4.69) is 47.2 Å². The van der Waals surface area contributed by atoms with E-state index in [0.717, 1.165) is 4.90 Å². The summed E-state index contributed by atoms with van der Waals surface area (Å²) in [5.41, 5.74) is 12.9. The van der Waals surface area contributed by atoms with Crippen molar-refractivity contribution in [1.29, 1.82) is 0 Å². The standard InChI is InChI=1S/C54H76I2N12O25/c1-17(19-5-3-2-4-6-19)30-47(86)62-22(9-18-7-20(55)43(21(56)8-18)92-52-42(83)39(80)44(28(16-72)91-52)93-51-41(82)38(79)36(77)27(15-71)90-51)46(85)66-31(33(74)23-10-60-53(57)64-23)49(88)67-32(48(87)63-24(13-69)45(84)59-12-29(73)65-30)34(75)25-11-61-54(58)68(25)50-40(81)37(78)35(76)26(14-70)89-50/h2-8,17,22-28,30-42,44,50-52,69-72,74-83H,9-16H2,1H3,(H2,58,61)(H,59,84)(H,62,86)(H,63,87)(H,65,73)(H,66,85)(H,67,88)(H3,57,60,64). The fraction of sp³-hybridized carbons (Fsp3) is 0.630. The van der Waals surface area contributed by atoms with Gasteiger partial charge in [-0.1, -0.05) is 37.3 Å². The number of aliphatic hydroxyl groups is 14. The van der Waals surface area contributed by atoms with Gasteiger partial charge in [-0.3, -0.25) is 38.8 Å². The van der Waals surface area contributed by atoms with Gasteiger partial charge in [-0.2, -0.15) is 0 Å². The predicted molar refractivity (Wildman–Crippen MR) is 329 cm³/mol. The Kier molecular flexibility index (Phi) is 25.1. The average molecular weight is 1550 g/mol. The largest absolute Gasteiger partial charge is 0.460 e. The van der Waals surface area contributed by atoms with Gasteiger partial charge in [-0.05, 0) is 68.4 Å². The Bertz CT molecular complexity index is 3020. The van der Waals surface area contributed by atoms with E-state index in [1.54, 1.807) is 37.3 Å². The monoisotopic (exact) mass is 1550 g/mol. The number of hydrogen-bond donors (Lipinski definition) is 23. The number of rotatable bonds is 17. The lowest BCUT2D eigenvalue weighted by Crippen LogP contribution is -2.70. The van der Waals surface area contributed by atoms with Crippen molar-refractivity contribution in [2.24, 2.45) is 21.5 Å². The molecule has 4 fully saturated rings. The summed E-state index contributed by atoms with van der Waals surface area (Å²) >= 11 is 3.65. The summed E-state index contributed by atoms with van der Waals surface area (Å²) in [7, 11) is 0. The number of carbonyl (C=O) groups excluding carboxylic acids is 6. The van der Waals surface area contributed by atoms with Crippen LogP contribution in [0.3, 0.4) is 0 Å². The number of benzene rings is 2. The molecule has 0 bridgehead atoms. The van der Waals surface area contributed by atoms with E-state index < -0.39 is 240 Å². The zero-order chi connectivity index (χ0) is 68.0. The Morgan fingerprint density at radius 3 is 1.77 bits per heavy atom. The van der Waals surface area contributed by atoms with Gasteiger partial charge in [-0.25, -0.2) is 0 Å². The minimum absolute atomic E-state index is 0.00870. The van der Waals surface area contributed by atoms with Crippen LogP contribution in [0.4, 0.5) is 0 Å². The molecule has 37 nitrogen and oxygen atoms in total. The van der Waals surface area contributed by atoms with Crippen molar-refractivity contribution < 1.29 is 124 Å². The quantitative estimate of drug-likeness (QED) is 0.0654. The third-order valence-electron chi connectivity index (χ3n) is 16.6. The number of hydrogen-bond acceptors (Lipinski definition) is 31. The molecular weight excluding hydrogens is 1470 g/mol. The molecule has 6 aliphatic rings. The molecule has 0 aliphatic carbocycles. The van der Waals surface area contributed by atoms with Crippen LogP contribution in [0.2, 0.25) is 0 Å². The second kappa shape index (κ2) is 31.9. The summed E-state index contributed by atoms with van der Waals surface area (Å²) in [6.45, 7) is -3.99. The Hall–Kier alpha value is -5.66. The minimum atomic E-state index is -2.35. The third kappa shape index (κ3) is 16.4. The van der Waals surface area contributed by atoms with Crippen LogP contribution < -0.4 is 53.4 Å². The second-order valence-corrected chi connectivity index (χ2v) is 25.1. The summed E-state index contributed by atoms with van der Waals surface area (Å²) in [6, 6.07) is -1.66. The number of nitrogens with two attached hydrogens (primary N) is 2. The molecule has 6 heterocycles. The van der Waals surface area contributed by atoms with Crippen molar-refractivity contribution >= 4 is 92.5 Å². The lowest BCUT2D eigenvalue weighted by molar-refractivity contribution is -0.352. The van der Waals surface area contributed by atoms with Crippen molar-refractivity contribution in [1.82, 2.24) is 42.1 Å². The van der Waals surface area contributed by atoms with E-state index in [1.165, 1.54) is 12.1 Å². The molecule has 0 radical (unpaired) electrons. The first-order chi connectivity index (χ1) is 44.1. The van der Waals surface area contributed by atoms with Gasteiger partial charge in [0.2, 0.25) is 41.7 Å². The number of nitrogens with one attached hydrogen (secondary N) is 7. The number of amides is 6. The number of halogens is 2. The van der Waals surface area contributed by atoms with Crippen LogP contribution in [-0.4, -0.2) is 316 Å². The topological polar surface area (TPSA) is 596 Å². The van der Waals surface area contributed by atoms with Crippen LogP contribution in [0.5, 0.6) is 5.75 Å². The van der Waals surface area contributed by atoms with E-state index in [4.69, 9.17) is 35.2 Å². The molecule has 0 saturated carbocycles. The van der Waals surface area contributed by atoms with Crippen LogP contribution >= 0.6 is 45.2 Å². The number of guanidine groups is 2. The lowest BCUT2D eigenvalue weighted by Gasteiger charge is -2.46. The fourth-order valence-electron chi connectivity index (χ4n) is 11.3. The highest BCUT2D eigenvalue weighted by Crippen LogP contribution is 2.36. The highest BCUT2D eigenvalue weighted by molar-refractivity contribution is 14.1. The first kappa shape index (κ1) is 73.2. The number of aliphatic hydroxyl groups excluding tert-OH is 14. The smallest absolute Gasteiger partial charge is 0.246 e. The minimum Gasteiger partial charge on any atom is -0.460 e. The van der Waals surface area contributed by atoms with E-state index in [0.29, 0.717) is 5.56 Å². The zero-order valence-electron chi connectivity index (χ0n) is 49.1. The molecule has 0 spiro atoms. The van der Waals surface area contributed by atoms with Crippen molar-refractivity contribution in [3.8, 4) is 5.75 Å². The van der Waals surface area contributed by atoms with E-state index in [-0.39, 0.29) is 31.0 Å². The van der Waals surface area contributed by atoms with Gasteiger partial charge in [-0.15, -0.1) is 0 Å². The van der Waals surface area contributed by atoms with Gasteiger partial charge in [0, 0.05) is 12.3 Å². The third-order valence-corrected chi connectivity index (χ3v) is 18.2. The van der Waals surface area contributed by atoms with Crippen LogP contribution in [-0.2, 0) is 54.1 Å². The number of carbonyl (C=O) groups is 6. The summed E-state index contributed by atoms with van der Waals surface area (Å²) in [5, 5.41) is 168. The number of aliphatic imine (C=N–C) groups is 2. The second-order valence-electron chi connectivity index (χ2n) is 22.8. The summed E-state index contributed by atoms with van der Waals surface area (Å²) in [5.74, 6) is -8.95. The Labute approximate surface area is 555 Å². The Balaban J connectivity index is 1.13. The van der Waals surface area contributed by atoms with Gasteiger partial charge in [0.25, 0.3) is 0 Å². The highest BCUT2D eigenvalue weighted by Gasteiger charge is 2.54. The predicted octanol–water partition coefficient (Wildman–Crippen LogP) is -12.4. The van der Waals surface area contributed by atoms with E-state index >= 15 is 9.59 Å². The molecule has 0 aromatic heterocycles. The Morgan fingerprint density at radius 1 is 0.602 bits per heavy atom. The molecule has 2 aromatic rings. The molecule has 8 rings (SSSR count). The molecule has 93 heavy (non-hydrogen) atoms. The van der Waals surface area contributed by atoms with Crippen molar-refractivity contribution in [3.05, 3.63) is 60.7 Å². The van der Waals surface area contributed by atoms with Crippen LogP contribution in [0.15, 0.2) is 52.4 Å². The summed E-state index contributed by atoms with van der Waals surface area (Å²) < 4.78 is 29.2. The van der Waals surface area contributed by atoms with Crippen molar-refractivity contribution in [3.63, 3.8) is 0 Å². The van der Waals surface area contributed by atoms with Crippen LogP contribution in [0.1, 0.15) is 24.0 Å². The molecule has 39 heteroatoms. The molecule has 6 amide bonds. The summed E-state index contributed by atoms with van der Waals surface area (Å²) in [6.07, 6.45) is -31.8. The van der Waals surface area contributed by atoms with Gasteiger partial charge >= 0.3 is 0 Å². The Morgan fingerprint density at radius 2 is 1.16 bits per heavy atom. The molecule has 2 aromatic carbocycles. The first-order valence-corrected chi connectivity index (χ1v) is 31.3. The fourth-order valence-corrected chi connectivity index (χ4v) is 13.5.